The first-order valence-corrected chi connectivity index (χ1v) is 8.05. The summed E-state index contributed by atoms with van der Waals surface area (Å²) in [7, 11) is 1.68. The van der Waals surface area contributed by atoms with E-state index in [1.807, 2.05) is 18.5 Å². The van der Waals surface area contributed by atoms with Gasteiger partial charge in [0.15, 0.2) is 5.96 Å². The highest BCUT2D eigenvalue weighted by atomic mass is 127. The number of hydrogen-bond donors (Lipinski definition) is 3. The van der Waals surface area contributed by atoms with Crippen LogP contribution in [0.2, 0.25) is 0 Å². The van der Waals surface area contributed by atoms with Crippen molar-refractivity contribution in [1.82, 2.24) is 30.6 Å². The Morgan fingerprint density at radius 1 is 1.28 bits per heavy atom. The minimum Gasteiger partial charge on any atom is -0.356 e. The fourth-order valence-corrected chi connectivity index (χ4v) is 2.53. The average molecular weight is 463 g/mol. The second-order valence-corrected chi connectivity index (χ2v) is 5.63. The van der Waals surface area contributed by atoms with Crippen LogP contribution in [0.25, 0.3) is 0 Å². The van der Waals surface area contributed by atoms with Crippen LogP contribution in [0.15, 0.2) is 11.1 Å². The van der Waals surface area contributed by atoms with E-state index in [1.54, 1.807) is 7.05 Å². The number of guanidine groups is 1. The van der Waals surface area contributed by atoms with Gasteiger partial charge in [-0.25, -0.2) is 4.79 Å². The molecule has 0 bridgehead atoms. The minimum absolute atomic E-state index is 0. The molecule has 1 aliphatic rings. The van der Waals surface area contributed by atoms with Crippen LogP contribution in [0.1, 0.15) is 17.8 Å². The van der Waals surface area contributed by atoms with E-state index in [0.717, 1.165) is 30.9 Å². The number of hydrogen-bond acceptors (Lipinski definition) is 4. The smallest absolute Gasteiger partial charge is 0.324 e. The molecule has 2 rings (SSSR count). The summed E-state index contributed by atoms with van der Waals surface area (Å²) in [4.78, 5) is 28.2. The first kappa shape index (κ1) is 21.2. The van der Waals surface area contributed by atoms with Crippen molar-refractivity contribution in [1.29, 1.82) is 0 Å². The highest BCUT2D eigenvalue weighted by Gasteiger charge is 2.27. The molecule has 1 fully saturated rings. The van der Waals surface area contributed by atoms with E-state index in [1.165, 1.54) is 4.90 Å². The second kappa shape index (κ2) is 10.2. The van der Waals surface area contributed by atoms with Crippen molar-refractivity contribution in [3.8, 4) is 0 Å². The third kappa shape index (κ3) is 6.18. The molecule has 3 amide bonds. The number of aryl methyl sites for hydroxylation is 3. The van der Waals surface area contributed by atoms with Gasteiger partial charge in [0.25, 0.3) is 0 Å². The summed E-state index contributed by atoms with van der Waals surface area (Å²) in [6, 6.07) is 1.72. The molecule has 0 unspecified atom stereocenters. The summed E-state index contributed by atoms with van der Waals surface area (Å²) < 4.78 is 1.99. The molecule has 0 aromatic carbocycles. The molecule has 0 atom stereocenters. The molecule has 0 saturated carbocycles. The lowest BCUT2D eigenvalue weighted by Crippen LogP contribution is -2.43. The Labute approximate surface area is 164 Å². The lowest BCUT2D eigenvalue weighted by molar-refractivity contribution is -0.124. The van der Waals surface area contributed by atoms with Crippen LogP contribution < -0.4 is 16.0 Å². The molecule has 25 heavy (non-hydrogen) atoms. The number of carbonyl (C=O) groups excluding carboxylic acids is 2. The maximum atomic E-state index is 11.5. The number of rotatable bonds is 7. The normalized spacial score (nSPS) is 14.4. The van der Waals surface area contributed by atoms with Gasteiger partial charge in [0.05, 0.1) is 12.2 Å². The van der Waals surface area contributed by atoms with Gasteiger partial charge < -0.3 is 16.0 Å². The SMILES string of the molecule is CN=C(NCCCn1nc(C)cc1C)NCCN1C(=O)CNC1=O.I. The lowest BCUT2D eigenvalue weighted by Gasteiger charge is -2.15. The molecule has 1 aliphatic heterocycles. The first-order chi connectivity index (χ1) is 11.5. The number of urea groups is 1. The quantitative estimate of drug-likeness (QED) is 0.177. The zero-order valence-electron chi connectivity index (χ0n) is 14.8. The van der Waals surface area contributed by atoms with Crippen molar-refractivity contribution in [3.63, 3.8) is 0 Å². The van der Waals surface area contributed by atoms with E-state index >= 15 is 0 Å². The molecule has 1 saturated heterocycles. The van der Waals surface area contributed by atoms with E-state index < -0.39 is 0 Å². The van der Waals surface area contributed by atoms with Crippen LogP contribution in [0.4, 0.5) is 4.79 Å². The van der Waals surface area contributed by atoms with E-state index in [2.05, 4.69) is 32.1 Å². The van der Waals surface area contributed by atoms with Gasteiger partial charge in [-0.1, -0.05) is 0 Å². The molecular formula is C15H26IN7O2. The Kier molecular flexibility index (Phi) is 8.66. The monoisotopic (exact) mass is 463 g/mol. The average Bonchev–Trinajstić information content (AvgIpc) is 3.04. The summed E-state index contributed by atoms with van der Waals surface area (Å²) in [6.07, 6.45) is 0.912. The van der Waals surface area contributed by atoms with Crippen LogP contribution in [0.5, 0.6) is 0 Å². The first-order valence-electron chi connectivity index (χ1n) is 8.05. The number of amides is 3. The molecule has 0 spiro atoms. The van der Waals surface area contributed by atoms with Gasteiger partial charge in [-0.2, -0.15) is 5.10 Å². The zero-order chi connectivity index (χ0) is 17.5. The van der Waals surface area contributed by atoms with E-state index in [-0.39, 0.29) is 42.5 Å². The van der Waals surface area contributed by atoms with E-state index in [4.69, 9.17) is 0 Å². The summed E-state index contributed by atoms with van der Waals surface area (Å²) in [5.41, 5.74) is 2.18. The number of carbonyl (C=O) groups is 2. The lowest BCUT2D eigenvalue weighted by atomic mass is 10.4. The Balaban J connectivity index is 0.00000312. The van der Waals surface area contributed by atoms with Crippen LogP contribution in [-0.2, 0) is 11.3 Å². The van der Waals surface area contributed by atoms with Gasteiger partial charge in [0.2, 0.25) is 5.91 Å². The van der Waals surface area contributed by atoms with Crippen LogP contribution >= 0.6 is 24.0 Å². The maximum absolute atomic E-state index is 11.5. The topological polar surface area (TPSA) is 104 Å². The largest absolute Gasteiger partial charge is 0.356 e. The molecule has 0 aliphatic carbocycles. The molecule has 1 aromatic heterocycles. The molecule has 2 heterocycles. The third-order valence-corrected chi connectivity index (χ3v) is 3.73. The fraction of sp³-hybridized carbons (Fsp3) is 0.600. The van der Waals surface area contributed by atoms with Gasteiger partial charge in [-0.3, -0.25) is 19.4 Å². The number of aromatic nitrogens is 2. The molecule has 140 valence electrons. The molecular weight excluding hydrogens is 437 g/mol. The van der Waals surface area contributed by atoms with Gasteiger partial charge in [-0.05, 0) is 26.3 Å². The van der Waals surface area contributed by atoms with Gasteiger partial charge in [0.1, 0.15) is 0 Å². The summed E-state index contributed by atoms with van der Waals surface area (Å²) in [5.74, 6) is 0.449. The zero-order valence-corrected chi connectivity index (χ0v) is 17.2. The van der Waals surface area contributed by atoms with Crippen LogP contribution in [0, 0.1) is 13.8 Å². The predicted octanol–water partition coefficient (Wildman–Crippen LogP) is 0.225. The van der Waals surface area contributed by atoms with Gasteiger partial charge >= 0.3 is 6.03 Å². The number of halogens is 1. The van der Waals surface area contributed by atoms with Crippen molar-refractivity contribution >= 4 is 41.9 Å². The summed E-state index contributed by atoms with van der Waals surface area (Å²) in [5, 5.41) is 13.2. The number of aliphatic imine (C=N–C) groups is 1. The molecule has 0 radical (unpaired) electrons. The molecule has 1 aromatic rings. The predicted molar refractivity (Wildman–Crippen MR) is 106 cm³/mol. The number of imide groups is 1. The molecule has 3 N–H and O–H groups in total. The van der Waals surface area contributed by atoms with E-state index in [9.17, 15) is 9.59 Å². The second-order valence-electron chi connectivity index (χ2n) is 5.63. The van der Waals surface area contributed by atoms with Crippen molar-refractivity contribution in [3.05, 3.63) is 17.5 Å². The van der Waals surface area contributed by atoms with E-state index in [0.29, 0.717) is 19.0 Å². The van der Waals surface area contributed by atoms with Gasteiger partial charge in [-0.15, -0.1) is 24.0 Å². The van der Waals surface area contributed by atoms with Crippen LogP contribution in [-0.4, -0.2) is 65.8 Å². The van der Waals surface area contributed by atoms with Gasteiger partial charge in [0, 0.05) is 38.9 Å². The fourth-order valence-electron chi connectivity index (χ4n) is 2.53. The van der Waals surface area contributed by atoms with Crippen molar-refractivity contribution in [2.75, 3.05) is 33.2 Å². The van der Waals surface area contributed by atoms with Crippen molar-refractivity contribution < 1.29 is 9.59 Å². The Morgan fingerprint density at radius 3 is 2.56 bits per heavy atom. The van der Waals surface area contributed by atoms with Crippen molar-refractivity contribution in [2.45, 2.75) is 26.8 Å². The Bertz CT molecular complexity index is 613. The highest BCUT2D eigenvalue weighted by Crippen LogP contribution is 2.02. The van der Waals surface area contributed by atoms with Crippen molar-refractivity contribution in [2.24, 2.45) is 4.99 Å². The standard InChI is InChI=1S/C15H25N7O2.HI/c1-11-9-12(2)22(20-11)7-4-5-17-14(16-3)18-6-8-21-13(23)10-19-15(21)24;/h9H,4-8,10H2,1-3H3,(H,19,24)(H2,16,17,18);1H. The Morgan fingerprint density at radius 2 is 2.00 bits per heavy atom. The number of nitrogens with one attached hydrogen (secondary N) is 3. The number of nitrogens with zero attached hydrogens (tertiary/aromatic N) is 4. The third-order valence-electron chi connectivity index (χ3n) is 3.73. The minimum atomic E-state index is -0.338. The molecule has 9 nitrogen and oxygen atoms in total. The summed E-state index contributed by atoms with van der Waals surface area (Å²) in [6.45, 7) is 6.47. The van der Waals surface area contributed by atoms with Crippen LogP contribution in [0.3, 0.4) is 0 Å². The Hall–Kier alpha value is -1.85. The summed E-state index contributed by atoms with van der Waals surface area (Å²) >= 11 is 0. The maximum Gasteiger partial charge on any atom is 0.324 e. The molecule has 10 heteroatoms. The highest BCUT2D eigenvalue weighted by molar-refractivity contribution is 14.0.